The van der Waals surface area contributed by atoms with Gasteiger partial charge in [0.2, 0.25) is 11.8 Å². The van der Waals surface area contributed by atoms with Crippen LogP contribution in [0.15, 0.2) is 12.2 Å². The standard InChI is InChI=1S/C7H10N2O3/c8-6(11)3-4-9-7(12)2-1-5-10/h1-2,5H,3-4H2,(H2,8,11)(H,9,12)/b2-1-. The van der Waals surface area contributed by atoms with Crippen LogP contribution < -0.4 is 11.1 Å². The SMILES string of the molecule is NC(=O)CCNC(=O)/C=C\C=O. The number of carbonyl (C=O) groups is 3. The van der Waals surface area contributed by atoms with Gasteiger partial charge in [-0.1, -0.05) is 0 Å². The summed E-state index contributed by atoms with van der Waals surface area (Å²) in [6.07, 6.45) is 2.74. The van der Waals surface area contributed by atoms with Gasteiger partial charge in [0, 0.05) is 19.0 Å². The zero-order valence-corrected chi connectivity index (χ0v) is 6.45. The quantitative estimate of drug-likeness (QED) is 0.398. The molecule has 0 spiro atoms. The smallest absolute Gasteiger partial charge is 0.244 e. The second kappa shape index (κ2) is 6.09. The van der Waals surface area contributed by atoms with Crippen molar-refractivity contribution >= 4 is 18.1 Å². The molecule has 0 heterocycles. The molecule has 0 radical (unpaired) electrons. The van der Waals surface area contributed by atoms with Crippen LogP contribution in [-0.2, 0) is 14.4 Å². The first-order valence-corrected chi connectivity index (χ1v) is 3.35. The van der Waals surface area contributed by atoms with E-state index in [0.29, 0.717) is 6.29 Å². The van der Waals surface area contributed by atoms with Crippen molar-refractivity contribution < 1.29 is 14.4 Å². The summed E-state index contributed by atoms with van der Waals surface area (Å²) in [6.45, 7) is 0.192. The van der Waals surface area contributed by atoms with Crippen molar-refractivity contribution in [3.63, 3.8) is 0 Å². The highest BCUT2D eigenvalue weighted by molar-refractivity contribution is 5.91. The Labute approximate surface area is 69.6 Å². The van der Waals surface area contributed by atoms with E-state index in [2.05, 4.69) is 5.32 Å². The monoisotopic (exact) mass is 170 g/mol. The summed E-state index contributed by atoms with van der Waals surface area (Å²) in [5, 5.41) is 2.36. The number of amides is 2. The minimum absolute atomic E-state index is 0.0979. The number of rotatable bonds is 5. The molecule has 0 aliphatic rings. The van der Waals surface area contributed by atoms with E-state index in [1.54, 1.807) is 0 Å². The lowest BCUT2D eigenvalue weighted by Gasteiger charge is -1.97. The molecular formula is C7H10N2O3. The third-order valence-electron chi connectivity index (χ3n) is 0.997. The molecule has 0 aliphatic heterocycles. The number of aldehydes is 1. The van der Waals surface area contributed by atoms with Crippen LogP contribution in [0.5, 0.6) is 0 Å². The normalized spacial score (nSPS) is 9.67. The van der Waals surface area contributed by atoms with Gasteiger partial charge in [-0.15, -0.1) is 0 Å². The molecule has 66 valence electrons. The molecule has 0 unspecified atom stereocenters. The van der Waals surface area contributed by atoms with Gasteiger partial charge in [-0.2, -0.15) is 0 Å². The highest BCUT2D eigenvalue weighted by Crippen LogP contribution is 1.75. The van der Waals surface area contributed by atoms with E-state index in [-0.39, 0.29) is 13.0 Å². The summed E-state index contributed by atoms with van der Waals surface area (Å²) >= 11 is 0. The van der Waals surface area contributed by atoms with Crippen molar-refractivity contribution in [1.82, 2.24) is 5.32 Å². The fourth-order valence-corrected chi connectivity index (χ4v) is 0.495. The third kappa shape index (κ3) is 6.47. The van der Waals surface area contributed by atoms with Gasteiger partial charge in [0.25, 0.3) is 0 Å². The van der Waals surface area contributed by atoms with Crippen LogP contribution in [-0.4, -0.2) is 24.6 Å². The van der Waals surface area contributed by atoms with E-state index in [4.69, 9.17) is 5.73 Å². The molecule has 0 atom stereocenters. The topological polar surface area (TPSA) is 89.3 Å². The number of hydrogen-bond donors (Lipinski definition) is 2. The Balaban J connectivity index is 3.50. The first-order valence-electron chi connectivity index (χ1n) is 3.35. The number of carbonyl (C=O) groups excluding carboxylic acids is 3. The summed E-state index contributed by atoms with van der Waals surface area (Å²) in [5.41, 5.74) is 4.81. The molecule has 5 heteroatoms. The summed E-state index contributed by atoms with van der Waals surface area (Å²) in [6, 6.07) is 0. The Kier molecular flexibility index (Phi) is 5.25. The number of hydrogen-bond acceptors (Lipinski definition) is 3. The van der Waals surface area contributed by atoms with Crippen LogP contribution >= 0.6 is 0 Å². The van der Waals surface area contributed by atoms with E-state index < -0.39 is 11.8 Å². The highest BCUT2D eigenvalue weighted by atomic mass is 16.2. The van der Waals surface area contributed by atoms with Crippen molar-refractivity contribution in [2.45, 2.75) is 6.42 Å². The van der Waals surface area contributed by atoms with Crippen LogP contribution in [0.2, 0.25) is 0 Å². The number of nitrogens with one attached hydrogen (secondary N) is 1. The molecule has 0 bridgehead atoms. The summed E-state index contributed by atoms with van der Waals surface area (Å²) in [7, 11) is 0. The molecule has 3 N–H and O–H groups in total. The highest BCUT2D eigenvalue weighted by Gasteiger charge is 1.96. The van der Waals surface area contributed by atoms with Crippen LogP contribution in [0.3, 0.4) is 0 Å². The Morgan fingerprint density at radius 2 is 2.08 bits per heavy atom. The molecular weight excluding hydrogens is 160 g/mol. The molecule has 0 aromatic rings. The number of nitrogens with two attached hydrogens (primary N) is 1. The molecule has 0 aromatic heterocycles. The molecule has 0 rings (SSSR count). The second-order valence-corrected chi connectivity index (χ2v) is 2.00. The largest absolute Gasteiger partial charge is 0.370 e. The summed E-state index contributed by atoms with van der Waals surface area (Å²) in [4.78, 5) is 30.6. The first-order chi connectivity index (χ1) is 5.66. The lowest BCUT2D eigenvalue weighted by molar-refractivity contribution is -0.118. The van der Waals surface area contributed by atoms with E-state index in [1.807, 2.05) is 0 Å². The van der Waals surface area contributed by atoms with Crippen molar-refractivity contribution in [2.75, 3.05) is 6.54 Å². The molecule has 0 aromatic carbocycles. The predicted octanol–water partition coefficient (Wildman–Crippen LogP) is -1.27. The Hall–Kier alpha value is -1.65. The van der Waals surface area contributed by atoms with Crippen molar-refractivity contribution in [3.05, 3.63) is 12.2 Å². The van der Waals surface area contributed by atoms with Crippen LogP contribution in [0.4, 0.5) is 0 Å². The van der Waals surface area contributed by atoms with E-state index in [9.17, 15) is 14.4 Å². The second-order valence-electron chi connectivity index (χ2n) is 2.00. The lowest BCUT2D eigenvalue weighted by Crippen LogP contribution is -2.26. The van der Waals surface area contributed by atoms with Gasteiger partial charge in [0.05, 0.1) is 0 Å². The minimum atomic E-state index is -0.477. The van der Waals surface area contributed by atoms with E-state index >= 15 is 0 Å². The lowest BCUT2D eigenvalue weighted by atomic mass is 10.4. The average molecular weight is 170 g/mol. The van der Waals surface area contributed by atoms with Crippen molar-refractivity contribution in [3.8, 4) is 0 Å². The Morgan fingerprint density at radius 3 is 2.58 bits per heavy atom. The number of primary amides is 1. The maximum Gasteiger partial charge on any atom is 0.244 e. The van der Waals surface area contributed by atoms with Crippen molar-refractivity contribution in [1.29, 1.82) is 0 Å². The third-order valence-corrected chi connectivity index (χ3v) is 0.997. The molecule has 0 saturated heterocycles. The fourth-order valence-electron chi connectivity index (χ4n) is 0.495. The molecule has 5 nitrogen and oxygen atoms in total. The average Bonchev–Trinajstić information content (AvgIpc) is 2.00. The van der Waals surface area contributed by atoms with Crippen LogP contribution in [0, 0.1) is 0 Å². The molecule has 0 aliphatic carbocycles. The molecule has 0 saturated carbocycles. The minimum Gasteiger partial charge on any atom is -0.370 e. The number of allylic oxidation sites excluding steroid dienone is 1. The Morgan fingerprint density at radius 1 is 1.42 bits per heavy atom. The summed E-state index contributed by atoms with van der Waals surface area (Å²) in [5.74, 6) is -0.891. The van der Waals surface area contributed by atoms with Gasteiger partial charge < -0.3 is 11.1 Å². The van der Waals surface area contributed by atoms with Gasteiger partial charge in [-0.05, 0) is 6.08 Å². The molecule has 0 fully saturated rings. The maximum atomic E-state index is 10.7. The fraction of sp³-hybridized carbons (Fsp3) is 0.286. The van der Waals surface area contributed by atoms with Gasteiger partial charge in [0.1, 0.15) is 6.29 Å². The Bertz CT molecular complexity index is 211. The van der Waals surface area contributed by atoms with Crippen LogP contribution in [0.25, 0.3) is 0 Å². The van der Waals surface area contributed by atoms with Crippen molar-refractivity contribution in [2.24, 2.45) is 5.73 Å². The van der Waals surface area contributed by atoms with E-state index in [1.165, 1.54) is 0 Å². The van der Waals surface area contributed by atoms with E-state index in [0.717, 1.165) is 12.2 Å². The molecule has 12 heavy (non-hydrogen) atoms. The predicted molar refractivity (Wildman–Crippen MR) is 42.0 cm³/mol. The van der Waals surface area contributed by atoms with Gasteiger partial charge in [-0.25, -0.2) is 0 Å². The first kappa shape index (κ1) is 10.3. The van der Waals surface area contributed by atoms with Crippen LogP contribution in [0.1, 0.15) is 6.42 Å². The molecule has 2 amide bonds. The van der Waals surface area contributed by atoms with Gasteiger partial charge in [0.15, 0.2) is 0 Å². The zero-order chi connectivity index (χ0) is 9.40. The summed E-state index contributed by atoms with van der Waals surface area (Å²) < 4.78 is 0. The zero-order valence-electron chi connectivity index (χ0n) is 6.45. The van der Waals surface area contributed by atoms with Gasteiger partial charge >= 0.3 is 0 Å². The van der Waals surface area contributed by atoms with Gasteiger partial charge in [-0.3, -0.25) is 14.4 Å². The maximum absolute atomic E-state index is 10.7.